The molecule has 0 aromatic heterocycles. The summed E-state index contributed by atoms with van der Waals surface area (Å²) in [4.78, 5) is 27.7. The lowest BCUT2D eigenvalue weighted by Crippen LogP contribution is -2.52. The Bertz CT molecular complexity index is 1140. The van der Waals surface area contributed by atoms with E-state index in [1.54, 1.807) is 43.3 Å². The van der Waals surface area contributed by atoms with Crippen LogP contribution in [0.5, 0.6) is 0 Å². The molecule has 0 radical (unpaired) electrons. The van der Waals surface area contributed by atoms with E-state index in [1.807, 2.05) is 26.0 Å². The minimum Gasteiger partial charge on any atom is -0.352 e. The van der Waals surface area contributed by atoms with Crippen LogP contribution < -0.4 is 9.62 Å². The van der Waals surface area contributed by atoms with Crippen molar-refractivity contribution in [3.8, 4) is 0 Å². The first-order chi connectivity index (χ1) is 16.1. The van der Waals surface area contributed by atoms with Gasteiger partial charge >= 0.3 is 0 Å². The van der Waals surface area contributed by atoms with Gasteiger partial charge in [0, 0.05) is 17.6 Å². The molecular formula is C26H36ClN3O4S. The summed E-state index contributed by atoms with van der Waals surface area (Å²) in [5.74, 6) is -0.822. The number of nitrogens with one attached hydrogen (secondary N) is 1. The van der Waals surface area contributed by atoms with E-state index >= 15 is 0 Å². The molecule has 0 aliphatic heterocycles. The zero-order chi connectivity index (χ0) is 26.6. The van der Waals surface area contributed by atoms with Crippen LogP contribution in [0.4, 0.5) is 5.69 Å². The molecule has 0 saturated heterocycles. The molecule has 2 aromatic carbocycles. The second kappa shape index (κ2) is 11.4. The van der Waals surface area contributed by atoms with Gasteiger partial charge in [0.2, 0.25) is 21.8 Å². The monoisotopic (exact) mass is 521 g/mol. The van der Waals surface area contributed by atoms with E-state index in [0.717, 1.165) is 21.7 Å². The molecule has 192 valence electrons. The Labute approximate surface area is 214 Å². The Morgan fingerprint density at radius 2 is 1.63 bits per heavy atom. The molecule has 1 N–H and O–H groups in total. The van der Waals surface area contributed by atoms with E-state index in [4.69, 9.17) is 11.6 Å². The zero-order valence-electron chi connectivity index (χ0n) is 21.5. The predicted molar refractivity (Wildman–Crippen MR) is 142 cm³/mol. The fourth-order valence-corrected chi connectivity index (χ4v) is 4.62. The molecule has 2 amide bonds. The zero-order valence-corrected chi connectivity index (χ0v) is 23.1. The molecule has 0 fully saturated rings. The van der Waals surface area contributed by atoms with Crippen LogP contribution in [0.3, 0.4) is 0 Å². The van der Waals surface area contributed by atoms with E-state index in [0.29, 0.717) is 10.7 Å². The third kappa shape index (κ3) is 8.25. The van der Waals surface area contributed by atoms with Crippen LogP contribution in [0.15, 0.2) is 48.5 Å². The summed E-state index contributed by atoms with van der Waals surface area (Å²) in [5.41, 5.74) is 2.06. The number of carbonyl (C=O) groups excluding carboxylic acids is 2. The second-order valence-corrected chi connectivity index (χ2v) is 12.4. The van der Waals surface area contributed by atoms with E-state index < -0.39 is 28.5 Å². The molecule has 7 nitrogen and oxygen atoms in total. The molecule has 1 atom stereocenters. The molecule has 0 spiro atoms. The molecule has 0 saturated carbocycles. The largest absolute Gasteiger partial charge is 0.352 e. The molecule has 0 unspecified atom stereocenters. The van der Waals surface area contributed by atoms with E-state index in [9.17, 15) is 18.0 Å². The van der Waals surface area contributed by atoms with Gasteiger partial charge < -0.3 is 10.2 Å². The first kappa shape index (κ1) is 28.7. The fraction of sp³-hybridized carbons (Fsp3) is 0.462. The van der Waals surface area contributed by atoms with Crippen molar-refractivity contribution < 1.29 is 18.0 Å². The highest BCUT2D eigenvalue weighted by molar-refractivity contribution is 7.92. The summed E-state index contributed by atoms with van der Waals surface area (Å²) in [5, 5.41) is 3.33. The van der Waals surface area contributed by atoms with Crippen molar-refractivity contribution in [2.45, 2.75) is 65.6 Å². The first-order valence-electron chi connectivity index (χ1n) is 11.5. The third-order valence-electron chi connectivity index (χ3n) is 5.54. The molecule has 0 heterocycles. The topological polar surface area (TPSA) is 86.8 Å². The summed E-state index contributed by atoms with van der Waals surface area (Å²) in [6.07, 6.45) is 1.06. The van der Waals surface area contributed by atoms with Gasteiger partial charge in [0.1, 0.15) is 12.6 Å². The lowest BCUT2D eigenvalue weighted by atomic mass is 9.87. The number of hydrogen-bond donors (Lipinski definition) is 1. The van der Waals surface area contributed by atoms with Crippen LogP contribution >= 0.6 is 11.6 Å². The molecule has 0 bridgehead atoms. The van der Waals surface area contributed by atoms with Gasteiger partial charge in [-0.15, -0.1) is 0 Å². The quantitative estimate of drug-likeness (QED) is 0.531. The Hall–Kier alpha value is -2.58. The molecular weight excluding hydrogens is 486 g/mol. The Morgan fingerprint density at radius 1 is 1.03 bits per heavy atom. The van der Waals surface area contributed by atoms with Crippen LogP contribution in [0.2, 0.25) is 5.02 Å². The van der Waals surface area contributed by atoms with Gasteiger partial charge in [0.25, 0.3) is 0 Å². The molecule has 35 heavy (non-hydrogen) atoms. The number of halogens is 1. The summed E-state index contributed by atoms with van der Waals surface area (Å²) >= 11 is 6.12. The van der Waals surface area contributed by atoms with Crippen LogP contribution in [0.25, 0.3) is 0 Å². The van der Waals surface area contributed by atoms with Crippen molar-refractivity contribution >= 4 is 39.1 Å². The average molecular weight is 522 g/mol. The normalized spacial score (nSPS) is 12.8. The van der Waals surface area contributed by atoms with E-state index in [-0.39, 0.29) is 23.9 Å². The van der Waals surface area contributed by atoms with Gasteiger partial charge in [-0.25, -0.2) is 8.42 Å². The number of rotatable bonds is 9. The Morgan fingerprint density at radius 3 is 2.11 bits per heavy atom. The van der Waals surface area contributed by atoms with Crippen molar-refractivity contribution in [2.75, 3.05) is 17.1 Å². The third-order valence-corrected chi connectivity index (χ3v) is 6.92. The highest BCUT2D eigenvalue weighted by Crippen LogP contribution is 2.26. The Balaban J connectivity index is 2.40. The maximum Gasteiger partial charge on any atom is 0.244 e. The van der Waals surface area contributed by atoms with Gasteiger partial charge in [-0.1, -0.05) is 56.6 Å². The summed E-state index contributed by atoms with van der Waals surface area (Å²) < 4.78 is 26.4. The average Bonchev–Trinajstić information content (AvgIpc) is 2.73. The van der Waals surface area contributed by atoms with E-state index in [1.165, 1.54) is 4.90 Å². The number of sulfonamides is 1. The van der Waals surface area contributed by atoms with Crippen molar-refractivity contribution in [1.29, 1.82) is 0 Å². The number of anilines is 1. The summed E-state index contributed by atoms with van der Waals surface area (Å²) in [7, 11) is -3.78. The van der Waals surface area contributed by atoms with E-state index in [2.05, 4.69) is 26.1 Å². The molecule has 0 aliphatic rings. The predicted octanol–water partition coefficient (Wildman–Crippen LogP) is 4.35. The van der Waals surface area contributed by atoms with Gasteiger partial charge in [-0.2, -0.15) is 0 Å². The van der Waals surface area contributed by atoms with Crippen molar-refractivity contribution in [2.24, 2.45) is 0 Å². The molecule has 2 rings (SSSR count). The van der Waals surface area contributed by atoms with Gasteiger partial charge in [0.15, 0.2) is 0 Å². The number of nitrogens with zero attached hydrogens (tertiary/aromatic N) is 2. The van der Waals surface area contributed by atoms with Gasteiger partial charge in [-0.05, 0) is 61.6 Å². The maximum absolute atomic E-state index is 13.5. The Kier molecular flexibility index (Phi) is 9.36. The number of hydrogen-bond acceptors (Lipinski definition) is 4. The second-order valence-electron chi connectivity index (χ2n) is 10.1. The summed E-state index contributed by atoms with van der Waals surface area (Å²) in [6.45, 7) is 11.2. The lowest BCUT2D eigenvalue weighted by Gasteiger charge is -2.32. The molecule has 2 aromatic rings. The van der Waals surface area contributed by atoms with Crippen molar-refractivity contribution in [3.63, 3.8) is 0 Å². The minimum absolute atomic E-state index is 0.1000. The number of carbonyl (C=O) groups is 2. The van der Waals surface area contributed by atoms with Crippen molar-refractivity contribution in [3.05, 3.63) is 64.7 Å². The van der Waals surface area contributed by atoms with Crippen LogP contribution in [-0.2, 0) is 31.6 Å². The van der Waals surface area contributed by atoms with Crippen LogP contribution in [0, 0.1) is 0 Å². The van der Waals surface area contributed by atoms with Gasteiger partial charge in [-0.3, -0.25) is 13.9 Å². The first-order valence-corrected chi connectivity index (χ1v) is 13.7. The SMILES string of the molecule is CC(C)NC(=O)[C@@H](C)N(Cc1cccc(Cl)c1)C(=O)CN(c1ccc(C(C)(C)C)cc1)S(C)(=O)=O. The molecule has 0 aliphatic carbocycles. The highest BCUT2D eigenvalue weighted by Gasteiger charge is 2.30. The lowest BCUT2D eigenvalue weighted by molar-refractivity contribution is -0.139. The van der Waals surface area contributed by atoms with Gasteiger partial charge in [0.05, 0.1) is 11.9 Å². The number of benzene rings is 2. The molecule has 9 heteroatoms. The van der Waals surface area contributed by atoms with Crippen LogP contribution in [-0.4, -0.2) is 50.0 Å². The smallest absolute Gasteiger partial charge is 0.244 e. The van der Waals surface area contributed by atoms with Crippen molar-refractivity contribution in [1.82, 2.24) is 10.2 Å². The fourth-order valence-electron chi connectivity index (χ4n) is 3.56. The minimum atomic E-state index is -3.78. The number of amides is 2. The van der Waals surface area contributed by atoms with Crippen LogP contribution in [0.1, 0.15) is 52.7 Å². The standard InChI is InChI=1S/C26H36ClN3O4S/c1-18(2)28-25(32)19(3)29(16-20-9-8-10-22(27)15-20)24(31)17-30(35(7,33)34)23-13-11-21(12-14-23)26(4,5)6/h8-15,18-19H,16-17H2,1-7H3,(H,28,32)/t19-/m1/s1. The maximum atomic E-state index is 13.5. The highest BCUT2D eigenvalue weighted by atomic mass is 35.5. The summed E-state index contributed by atoms with van der Waals surface area (Å²) in [6, 6.07) is 13.2.